The normalized spacial score (nSPS) is 17.4. The average molecular weight is 483 g/mol. The number of hydrogen-bond acceptors (Lipinski definition) is 4. The number of piperidine rings is 1. The molecule has 1 aromatic carbocycles. The molecule has 1 aromatic heterocycles. The lowest BCUT2D eigenvalue weighted by atomic mass is 9.83. The highest BCUT2D eigenvalue weighted by atomic mass is 19.1. The highest BCUT2D eigenvalue weighted by Gasteiger charge is 2.34. The van der Waals surface area contributed by atoms with Crippen LogP contribution in [0.25, 0.3) is 0 Å². The van der Waals surface area contributed by atoms with Crippen LogP contribution in [0, 0.1) is 19.7 Å². The van der Waals surface area contributed by atoms with Crippen molar-refractivity contribution in [3.63, 3.8) is 0 Å². The largest absolute Gasteiger partial charge is 0.497 e. The lowest BCUT2D eigenvalue weighted by molar-refractivity contribution is 0.163. The van der Waals surface area contributed by atoms with Gasteiger partial charge >= 0.3 is 6.03 Å². The van der Waals surface area contributed by atoms with E-state index in [0.29, 0.717) is 43.2 Å². The molecule has 1 fully saturated rings. The summed E-state index contributed by atoms with van der Waals surface area (Å²) in [6.45, 7) is 12.7. The molecule has 194 valence electrons. The standard InChI is InChI=1S/C22H28F2N4O2.2C2H6.2H2/c1-14-4-5-20(25-12-14)27-22(29)26-19-6-8-28(9-7-23)13-17(19)21-15(2)10-16(30-3)11-18(21)24;2*1-2;;/h4-5,10-12,17,19H,6-9,13H2,1-3H3,(H2,25,26,27,29);2*1-2H3;2*1H/t17?,19-;;;;/m1..../s1. The zero-order valence-electron chi connectivity index (χ0n) is 21.5. The third-order valence-corrected chi connectivity index (χ3v) is 5.48. The zero-order chi connectivity index (χ0) is 25.7. The van der Waals surface area contributed by atoms with Crippen LogP contribution in [0.1, 0.15) is 59.6 Å². The SMILES string of the molecule is CC.CC.COc1cc(C)c(C2CN(CCF)CC[C@H]2NC(=O)Nc2ccc(C)cn2)c(F)c1.[HH].[HH]. The number of methoxy groups -OCH3 is 1. The molecule has 1 saturated heterocycles. The molecule has 0 spiro atoms. The number of aromatic nitrogens is 1. The highest BCUT2D eigenvalue weighted by Crippen LogP contribution is 2.34. The second-order valence-electron chi connectivity index (χ2n) is 7.65. The maximum Gasteiger partial charge on any atom is 0.320 e. The Labute approximate surface area is 206 Å². The summed E-state index contributed by atoms with van der Waals surface area (Å²) in [6, 6.07) is 6.02. The first-order chi connectivity index (χ1) is 16.4. The van der Waals surface area contributed by atoms with Gasteiger partial charge in [-0.3, -0.25) is 10.2 Å². The van der Waals surface area contributed by atoms with E-state index in [4.69, 9.17) is 4.74 Å². The maximum absolute atomic E-state index is 15.0. The van der Waals surface area contributed by atoms with Gasteiger partial charge in [-0.2, -0.15) is 0 Å². The molecule has 0 radical (unpaired) electrons. The number of pyridine rings is 1. The van der Waals surface area contributed by atoms with E-state index in [1.807, 2.05) is 52.5 Å². The van der Waals surface area contributed by atoms with E-state index in [-0.39, 0.29) is 20.6 Å². The number of urea groups is 1. The number of rotatable bonds is 6. The summed E-state index contributed by atoms with van der Waals surface area (Å²) in [5.41, 5.74) is 2.26. The molecule has 2 atom stereocenters. The van der Waals surface area contributed by atoms with E-state index in [9.17, 15) is 13.6 Å². The van der Waals surface area contributed by atoms with E-state index in [2.05, 4.69) is 15.6 Å². The van der Waals surface area contributed by atoms with Crippen LogP contribution in [0.3, 0.4) is 0 Å². The van der Waals surface area contributed by atoms with E-state index in [0.717, 1.165) is 11.1 Å². The number of benzene rings is 1. The average Bonchev–Trinajstić information content (AvgIpc) is 2.84. The summed E-state index contributed by atoms with van der Waals surface area (Å²) in [4.78, 5) is 18.7. The summed E-state index contributed by atoms with van der Waals surface area (Å²) >= 11 is 0. The van der Waals surface area contributed by atoms with Crippen LogP contribution in [-0.4, -0.2) is 55.4 Å². The van der Waals surface area contributed by atoms with Crippen molar-refractivity contribution in [2.45, 2.75) is 59.9 Å². The summed E-state index contributed by atoms with van der Waals surface area (Å²) in [6.07, 6.45) is 2.26. The van der Waals surface area contributed by atoms with Gasteiger partial charge in [0.05, 0.1) is 7.11 Å². The molecular weight excluding hydrogens is 438 g/mol. The summed E-state index contributed by atoms with van der Waals surface area (Å²) < 4.78 is 33.1. The molecule has 2 amide bonds. The van der Waals surface area contributed by atoms with Crippen LogP contribution >= 0.6 is 0 Å². The number of hydrogen-bond donors (Lipinski definition) is 2. The Balaban J connectivity index is 0. The number of halogens is 2. The van der Waals surface area contributed by atoms with Crippen molar-refractivity contribution < 1.29 is 21.2 Å². The van der Waals surface area contributed by atoms with Crippen LogP contribution in [0.4, 0.5) is 19.4 Å². The lowest BCUT2D eigenvalue weighted by Crippen LogP contribution is -2.51. The number of amides is 2. The molecular formula is C26H44F2N4O2. The van der Waals surface area contributed by atoms with Gasteiger partial charge in [0.25, 0.3) is 0 Å². The molecule has 2 aromatic rings. The van der Waals surface area contributed by atoms with Gasteiger partial charge in [-0.1, -0.05) is 33.8 Å². The second kappa shape index (κ2) is 15.2. The number of likely N-dealkylation sites (tertiary alicyclic amines) is 1. The van der Waals surface area contributed by atoms with Crippen LogP contribution in [0.15, 0.2) is 30.5 Å². The Bertz CT molecular complexity index is 866. The lowest BCUT2D eigenvalue weighted by Gasteiger charge is -2.39. The van der Waals surface area contributed by atoms with Crippen molar-refractivity contribution in [2.75, 3.05) is 38.7 Å². The molecule has 0 bridgehead atoms. The van der Waals surface area contributed by atoms with Gasteiger partial charge in [0.1, 0.15) is 24.1 Å². The molecule has 8 heteroatoms. The summed E-state index contributed by atoms with van der Waals surface area (Å²) in [7, 11) is 1.49. The Kier molecular flexibility index (Phi) is 13.1. The molecule has 1 unspecified atom stereocenters. The van der Waals surface area contributed by atoms with Crippen LogP contribution < -0.4 is 15.4 Å². The number of ether oxygens (including phenoxy) is 1. The molecule has 34 heavy (non-hydrogen) atoms. The molecule has 1 aliphatic rings. The molecule has 1 aliphatic heterocycles. The van der Waals surface area contributed by atoms with Gasteiger partial charge in [-0.05, 0) is 49.1 Å². The van der Waals surface area contributed by atoms with E-state index >= 15 is 0 Å². The van der Waals surface area contributed by atoms with Crippen molar-refractivity contribution >= 4 is 11.8 Å². The molecule has 6 nitrogen and oxygen atoms in total. The fourth-order valence-corrected chi connectivity index (χ4v) is 3.98. The number of carbonyl (C=O) groups is 1. The van der Waals surface area contributed by atoms with Gasteiger partial charge in [-0.25, -0.2) is 18.6 Å². The predicted octanol–water partition coefficient (Wildman–Crippen LogP) is 6.34. The van der Waals surface area contributed by atoms with E-state index in [1.165, 1.54) is 13.2 Å². The minimum atomic E-state index is -0.464. The quantitative estimate of drug-likeness (QED) is 0.504. The van der Waals surface area contributed by atoms with Crippen molar-refractivity contribution in [3.05, 3.63) is 53.0 Å². The number of nitrogens with one attached hydrogen (secondary N) is 2. The molecule has 0 aliphatic carbocycles. The maximum atomic E-state index is 15.0. The first-order valence-electron chi connectivity index (χ1n) is 12.0. The van der Waals surface area contributed by atoms with Crippen LogP contribution in [-0.2, 0) is 0 Å². The third-order valence-electron chi connectivity index (χ3n) is 5.48. The zero-order valence-corrected chi connectivity index (χ0v) is 21.5. The van der Waals surface area contributed by atoms with Crippen molar-refractivity contribution in [2.24, 2.45) is 0 Å². The number of alkyl halides is 1. The van der Waals surface area contributed by atoms with Gasteiger partial charge in [0.15, 0.2) is 0 Å². The number of anilines is 1. The smallest absolute Gasteiger partial charge is 0.320 e. The van der Waals surface area contributed by atoms with E-state index < -0.39 is 12.7 Å². The predicted molar refractivity (Wildman–Crippen MR) is 139 cm³/mol. The first kappa shape index (κ1) is 29.3. The molecule has 2 heterocycles. The Morgan fingerprint density at radius 2 is 1.94 bits per heavy atom. The second-order valence-corrected chi connectivity index (χ2v) is 7.65. The minimum Gasteiger partial charge on any atom is -0.497 e. The highest BCUT2D eigenvalue weighted by molar-refractivity contribution is 5.88. The van der Waals surface area contributed by atoms with Gasteiger partial charge < -0.3 is 10.1 Å². The van der Waals surface area contributed by atoms with Crippen molar-refractivity contribution in [3.8, 4) is 5.75 Å². The molecule has 3 rings (SSSR count). The Morgan fingerprint density at radius 3 is 2.50 bits per heavy atom. The Hall–Kier alpha value is -2.74. The topological polar surface area (TPSA) is 66.5 Å². The Morgan fingerprint density at radius 1 is 1.24 bits per heavy atom. The first-order valence-corrected chi connectivity index (χ1v) is 12.0. The van der Waals surface area contributed by atoms with Crippen LogP contribution in [0.5, 0.6) is 5.75 Å². The number of carbonyl (C=O) groups excluding carboxylic acids is 1. The fourth-order valence-electron chi connectivity index (χ4n) is 3.98. The number of aryl methyl sites for hydroxylation is 2. The van der Waals surface area contributed by atoms with Gasteiger partial charge in [0, 0.05) is 46.7 Å². The van der Waals surface area contributed by atoms with Gasteiger partial charge in [0.2, 0.25) is 0 Å². The molecule has 0 saturated carbocycles. The monoisotopic (exact) mass is 482 g/mol. The van der Waals surface area contributed by atoms with E-state index in [1.54, 1.807) is 18.3 Å². The molecule has 2 N–H and O–H groups in total. The van der Waals surface area contributed by atoms with Crippen molar-refractivity contribution in [1.29, 1.82) is 0 Å². The van der Waals surface area contributed by atoms with Crippen LogP contribution in [0.2, 0.25) is 0 Å². The fraction of sp³-hybridized carbons (Fsp3) is 0.538. The minimum absolute atomic E-state index is 0. The number of nitrogens with zero attached hydrogens (tertiary/aromatic N) is 2. The third kappa shape index (κ3) is 8.24. The summed E-state index contributed by atoms with van der Waals surface area (Å²) in [5.74, 6) is 0.188. The summed E-state index contributed by atoms with van der Waals surface area (Å²) in [5, 5.41) is 5.69. The van der Waals surface area contributed by atoms with Gasteiger partial charge in [-0.15, -0.1) is 0 Å². The van der Waals surface area contributed by atoms with Crippen molar-refractivity contribution in [1.82, 2.24) is 15.2 Å².